The van der Waals surface area contributed by atoms with E-state index in [0.717, 1.165) is 49.9 Å². The highest BCUT2D eigenvalue weighted by molar-refractivity contribution is 14.2. The zero-order valence-electron chi connectivity index (χ0n) is 29.4. The van der Waals surface area contributed by atoms with E-state index in [4.69, 9.17) is 18.9 Å². The van der Waals surface area contributed by atoms with Crippen molar-refractivity contribution in [3.05, 3.63) is 167 Å². The summed E-state index contributed by atoms with van der Waals surface area (Å²) in [5, 5.41) is 1.85. The third-order valence-corrected chi connectivity index (χ3v) is 11.7. The number of ether oxygens (including phenoxy) is 4. The zero-order chi connectivity index (χ0) is 36.7. The number of nitrogens with zero attached hydrogens (tertiary/aromatic N) is 1. The monoisotopic (exact) mass is 835 g/mol. The van der Waals surface area contributed by atoms with Gasteiger partial charge in [-0.05, 0) is 73.7 Å². The van der Waals surface area contributed by atoms with Gasteiger partial charge in [-0.1, -0.05) is 109 Å². The highest BCUT2D eigenvalue weighted by Crippen LogP contribution is 2.50. The van der Waals surface area contributed by atoms with E-state index in [1.165, 1.54) is 7.11 Å². The second-order valence-corrected chi connectivity index (χ2v) is 14.6. The summed E-state index contributed by atoms with van der Waals surface area (Å²) in [6, 6.07) is 42.8. The summed E-state index contributed by atoms with van der Waals surface area (Å²) in [5.74, 6) is 0.635. The van der Waals surface area contributed by atoms with Crippen molar-refractivity contribution in [1.29, 1.82) is 0 Å². The molecule has 0 saturated heterocycles. The van der Waals surface area contributed by atoms with Gasteiger partial charge in [-0.15, -0.1) is 0 Å². The van der Waals surface area contributed by atoms with Crippen LogP contribution in [0, 0.1) is 0 Å². The fourth-order valence-corrected chi connectivity index (χ4v) is 9.41. The lowest BCUT2D eigenvalue weighted by Crippen LogP contribution is -2.41. The summed E-state index contributed by atoms with van der Waals surface area (Å²) in [6.07, 6.45) is 0.552. The van der Waals surface area contributed by atoms with Crippen molar-refractivity contribution in [2.24, 2.45) is 0 Å². The molecule has 1 aliphatic rings. The smallest absolute Gasteiger partial charge is 0.338 e. The molecule has 7 nitrogen and oxygen atoms in total. The maximum Gasteiger partial charge on any atom is 0.338 e. The quantitative estimate of drug-likeness (QED) is 0.0686. The first kappa shape index (κ1) is 36.5. The van der Waals surface area contributed by atoms with E-state index < -0.39 is 5.97 Å². The molecule has 0 N–H and O–H groups in total. The van der Waals surface area contributed by atoms with Crippen LogP contribution < -0.4 is 9.47 Å². The summed E-state index contributed by atoms with van der Waals surface area (Å²) >= 11 is 2.31. The van der Waals surface area contributed by atoms with Crippen LogP contribution in [0.15, 0.2) is 133 Å². The molecule has 0 fully saturated rings. The first-order valence-corrected chi connectivity index (χ1v) is 20.7. The number of rotatable bonds is 12. The summed E-state index contributed by atoms with van der Waals surface area (Å²) in [6.45, 7) is 3.07. The van der Waals surface area contributed by atoms with E-state index in [1.54, 1.807) is 21.3 Å². The number of methoxy groups -OCH3 is 1. The van der Waals surface area contributed by atoms with Crippen LogP contribution in [0.25, 0.3) is 21.9 Å². The van der Waals surface area contributed by atoms with Crippen molar-refractivity contribution in [2.75, 3.05) is 13.7 Å². The molecule has 0 saturated carbocycles. The standard InChI is InChI=1S/C44H38INO6S/c1-29-41-38(24-35(46(29)53-45)28-52-44(48)37-19-11-17-32-16-9-10-18-36(32)37)42(33-20-22-34(23-21-33)43(47)49-2)40(51-27-31-14-7-4-8-15-31)25-39(41)50-26-30-12-5-3-6-13-30/h3-23,25,29,35H,24,26-28H2,1-2H3/t29-,35+/m1/s1. The third kappa shape index (κ3) is 8.07. The molecule has 1 aliphatic heterocycles. The predicted molar refractivity (Wildman–Crippen MR) is 218 cm³/mol. The lowest BCUT2D eigenvalue weighted by atomic mass is 9.83. The molecule has 2 atom stereocenters. The van der Waals surface area contributed by atoms with E-state index in [0.29, 0.717) is 36.5 Å². The molecule has 268 valence electrons. The average molecular weight is 836 g/mol. The minimum absolute atomic E-state index is 0.121. The van der Waals surface area contributed by atoms with Crippen molar-refractivity contribution in [3.8, 4) is 22.6 Å². The number of benzene rings is 6. The van der Waals surface area contributed by atoms with Crippen LogP contribution in [0.1, 0.15) is 55.9 Å². The second kappa shape index (κ2) is 16.9. The van der Waals surface area contributed by atoms with Crippen LogP contribution in [0.5, 0.6) is 11.5 Å². The minimum atomic E-state index is -0.403. The Bertz CT molecular complexity index is 2210. The molecule has 9 heteroatoms. The summed E-state index contributed by atoms with van der Waals surface area (Å²) in [4.78, 5) is 26.0. The van der Waals surface area contributed by atoms with Crippen LogP contribution in [-0.4, -0.2) is 36.0 Å². The number of carbonyl (C=O) groups excluding carboxylic acids is 2. The Morgan fingerprint density at radius 1 is 0.755 bits per heavy atom. The van der Waals surface area contributed by atoms with Crippen molar-refractivity contribution in [1.82, 2.24) is 4.31 Å². The molecule has 53 heavy (non-hydrogen) atoms. The topological polar surface area (TPSA) is 74.3 Å². The van der Waals surface area contributed by atoms with Gasteiger partial charge in [-0.3, -0.25) is 0 Å². The Hall–Kier alpha value is -4.84. The Balaban J connectivity index is 1.31. The van der Waals surface area contributed by atoms with Crippen molar-refractivity contribution in [3.63, 3.8) is 0 Å². The summed E-state index contributed by atoms with van der Waals surface area (Å²) < 4.78 is 26.7. The normalized spacial score (nSPS) is 15.4. The van der Waals surface area contributed by atoms with Gasteiger partial charge in [0.25, 0.3) is 0 Å². The third-order valence-electron chi connectivity index (χ3n) is 9.57. The minimum Gasteiger partial charge on any atom is -0.488 e. The number of carbonyl (C=O) groups is 2. The molecule has 0 aliphatic carbocycles. The molecule has 7 rings (SSSR count). The Kier molecular flexibility index (Phi) is 11.6. The van der Waals surface area contributed by atoms with Gasteiger partial charge in [0.2, 0.25) is 0 Å². The van der Waals surface area contributed by atoms with Gasteiger partial charge in [0.05, 0.1) is 24.3 Å². The molecular formula is C44H38INO6S. The molecule has 0 unspecified atom stereocenters. The van der Waals surface area contributed by atoms with Gasteiger partial charge in [-0.25, -0.2) is 13.9 Å². The Labute approximate surface area is 325 Å². The molecule has 0 radical (unpaired) electrons. The molecule has 6 aromatic rings. The van der Waals surface area contributed by atoms with E-state index in [-0.39, 0.29) is 24.7 Å². The lowest BCUT2D eigenvalue weighted by molar-refractivity contribution is 0.0400. The number of esters is 2. The van der Waals surface area contributed by atoms with Crippen LogP contribution in [0.4, 0.5) is 0 Å². The Morgan fingerprint density at radius 3 is 2.04 bits per heavy atom. The number of halogens is 1. The van der Waals surface area contributed by atoms with Crippen molar-refractivity contribution >= 4 is 53.0 Å². The summed E-state index contributed by atoms with van der Waals surface area (Å²) in [5.41, 5.74) is 6.97. The molecule has 0 bridgehead atoms. The van der Waals surface area contributed by atoms with E-state index >= 15 is 0 Å². The van der Waals surface area contributed by atoms with E-state index in [9.17, 15) is 9.59 Å². The lowest BCUT2D eigenvalue weighted by Gasteiger charge is -2.41. The summed E-state index contributed by atoms with van der Waals surface area (Å²) in [7, 11) is 2.97. The largest absolute Gasteiger partial charge is 0.488 e. The van der Waals surface area contributed by atoms with E-state index in [2.05, 4.69) is 32.4 Å². The number of hydrogen-bond acceptors (Lipinski definition) is 8. The fourth-order valence-electron chi connectivity index (χ4n) is 6.95. The highest BCUT2D eigenvalue weighted by atomic mass is 127. The van der Waals surface area contributed by atoms with Gasteiger partial charge >= 0.3 is 11.9 Å². The fraction of sp³-hybridized carbons (Fsp3) is 0.182. The molecule has 0 spiro atoms. The SMILES string of the molecule is COC(=O)c1ccc(-c2c(OCc3ccccc3)cc(OCc3ccccc3)c3c2C[C@@H](COC(=O)c2cccc4ccccc24)N(SI)[C@@H]3C)cc1. The van der Waals surface area contributed by atoms with Gasteiger partial charge in [0.1, 0.15) is 31.3 Å². The van der Waals surface area contributed by atoms with Crippen LogP contribution >= 0.6 is 30.3 Å². The second-order valence-electron chi connectivity index (χ2n) is 12.8. The first-order chi connectivity index (χ1) is 25.9. The van der Waals surface area contributed by atoms with Crippen molar-refractivity contribution < 1.29 is 28.5 Å². The van der Waals surface area contributed by atoms with Gasteiger partial charge in [0.15, 0.2) is 0 Å². The van der Waals surface area contributed by atoms with Crippen molar-refractivity contribution in [2.45, 2.75) is 38.6 Å². The number of fused-ring (bicyclic) bond motifs is 2. The molecule has 0 aromatic heterocycles. The average Bonchev–Trinajstić information content (AvgIpc) is 3.21. The molecule has 6 aromatic carbocycles. The first-order valence-electron chi connectivity index (χ1n) is 17.4. The molecule has 0 amide bonds. The van der Waals surface area contributed by atoms with Crippen LogP contribution in [0.3, 0.4) is 0 Å². The number of hydrogen-bond donors (Lipinski definition) is 0. The maximum absolute atomic E-state index is 13.6. The highest BCUT2D eigenvalue weighted by Gasteiger charge is 2.38. The molecule has 1 heterocycles. The van der Waals surface area contributed by atoms with Gasteiger partial charge < -0.3 is 18.9 Å². The van der Waals surface area contributed by atoms with Crippen LogP contribution in [0.2, 0.25) is 0 Å². The van der Waals surface area contributed by atoms with Gasteiger partial charge in [0, 0.05) is 44.4 Å². The maximum atomic E-state index is 13.6. The molecular weight excluding hydrogens is 797 g/mol. The van der Waals surface area contributed by atoms with Gasteiger partial charge in [-0.2, -0.15) is 0 Å². The zero-order valence-corrected chi connectivity index (χ0v) is 32.3. The van der Waals surface area contributed by atoms with Crippen LogP contribution in [-0.2, 0) is 29.1 Å². The van der Waals surface area contributed by atoms with E-state index in [1.807, 2.05) is 121 Å². The Morgan fingerprint density at radius 2 is 1.38 bits per heavy atom. The predicted octanol–water partition coefficient (Wildman–Crippen LogP) is 10.6.